The van der Waals surface area contributed by atoms with Gasteiger partial charge in [-0.2, -0.15) is 0 Å². The molecule has 186 valence electrons. The van der Waals surface area contributed by atoms with E-state index in [9.17, 15) is 34.5 Å². The first-order valence-electron chi connectivity index (χ1n) is 10.7. The fraction of sp³-hybridized carbons (Fsp3) is 0.789. The Bertz CT molecular complexity index is 605. The summed E-state index contributed by atoms with van der Waals surface area (Å²) in [6.45, 7) is 1.26. The van der Waals surface area contributed by atoms with Crippen LogP contribution in [0.25, 0.3) is 0 Å². The van der Waals surface area contributed by atoms with Gasteiger partial charge in [0.25, 0.3) is 0 Å². The van der Waals surface area contributed by atoms with E-state index in [1.165, 1.54) is 6.92 Å². The Balaban J connectivity index is 5.03. The minimum absolute atomic E-state index is 0.124. The molecule has 0 aliphatic rings. The molecule has 12 N–H and O–H groups in total. The first kappa shape index (κ1) is 29.7. The zero-order valence-electron chi connectivity index (χ0n) is 18.5. The molecule has 0 aromatic rings. The van der Waals surface area contributed by atoms with Gasteiger partial charge in [0, 0.05) is 0 Å². The zero-order chi connectivity index (χ0) is 24.7. The second-order valence-corrected chi connectivity index (χ2v) is 7.55. The summed E-state index contributed by atoms with van der Waals surface area (Å²) in [6.07, 6.45) is 1.45. The lowest BCUT2D eigenvalue weighted by Gasteiger charge is -2.25. The van der Waals surface area contributed by atoms with E-state index in [1.807, 2.05) is 0 Å². The van der Waals surface area contributed by atoms with Crippen molar-refractivity contribution in [3.63, 3.8) is 0 Å². The molecular weight excluding hydrogens is 424 g/mol. The average molecular weight is 463 g/mol. The first-order valence-corrected chi connectivity index (χ1v) is 10.7. The summed E-state index contributed by atoms with van der Waals surface area (Å²) >= 11 is 0. The van der Waals surface area contributed by atoms with E-state index < -0.39 is 60.6 Å². The van der Waals surface area contributed by atoms with Crippen LogP contribution in [-0.2, 0) is 19.2 Å². The quantitative estimate of drug-likeness (QED) is 0.0964. The molecule has 0 aliphatic carbocycles. The number of carboxylic acids is 1. The average Bonchev–Trinajstić information content (AvgIpc) is 2.74. The Labute approximate surface area is 187 Å². The van der Waals surface area contributed by atoms with Gasteiger partial charge in [-0.25, -0.2) is 4.79 Å². The van der Waals surface area contributed by atoms with Crippen molar-refractivity contribution in [2.45, 2.75) is 75.7 Å². The lowest BCUT2D eigenvalue weighted by molar-refractivity contribution is -0.143. The van der Waals surface area contributed by atoms with Crippen molar-refractivity contribution in [2.24, 2.45) is 17.2 Å². The van der Waals surface area contributed by atoms with E-state index in [2.05, 4.69) is 16.0 Å². The number of rotatable bonds is 17. The highest BCUT2D eigenvalue weighted by Gasteiger charge is 2.32. The summed E-state index contributed by atoms with van der Waals surface area (Å²) in [7, 11) is 0. The number of hydrogen-bond acceptors (Lipinski definition) is 9. The Kier molecular flexibility index (Phi) is 15.1. The van der Waals surface area contributed by atoms with Crippen LogP contribution in [0.1, 0.15) is 45.4 Å². The van der Waals surface area contributed by atoms with Crippen LogP contribution >= 0.6 is 0 Å². The summed E-state index contributed by atoms with van der Waals surface area (Å²) < 4.78 is 0. The maximum atomic E-state index is 12.5. The molecule has 32 heavy (non-hydrogen) atoms. The van der Waals surface area contributed by atoms with E-state index >= 15 is 0 Å². The molecule has 0 radical (unpaired) electrons. The number of unbranched alkanes of at least 4 members (excludes halogenated alkanes) is 2. The molecule has 0 bridgehead atoms. The van der Waals surface area contributed by atoms with E-state index in [0.29, 0.717) is 45.2 Å². The van der Waals surface area contributed by atoms with Crippen molar-refractivity contribution >= 4 is 23.7 Å². The van der Waals surface area contributed by atoms with Crippen LogP contribution in [0.4, 0.5) is 0 Å². The van der Waals surface area contributed by atoms with Gasteiger partial charge < -0.3 is 48.5 Å². The number of amides is 3. The summed E-state index contributed by atoms with van der Waals surface area (Å²) in [5.74, 6) is -3.79. The monoisotopic (exact) mass is 462 g/mol. The lowest BCUT2D eigenvalue weighted by Crippen LogP contribution is -2.60. The van der Waals surface area contributed by atoms with Crippen LogP contribution in [0, 0.1) is 0 Å². The van der Waals surface area contributed by atoms with Gasteiger partial charge in [-0.15, -0.1) is 0 Å². The molecular formula is C19H38N6O7. The van der Waals surface area contributed by atoms with Crippen molar-refractivity contribution in [1.82, 2.24) is 16.0 Å². The smallest absolute Gasteiger partial charge is 0.326 e. The Hall–Kier alpha value is -2.32. The maximum Gasteiger partial charge on any atom is 0.326 e. The number of nitrogens with two attached hydrogens (primary N) is 3. The van der Waals surface area contributed by atoms with Gasteiger partial charge in [0.05, 0.1) is 18.8 Å². The van der Waals surface area contributed by atoms with Gasteiger partial charge in [-0.3, -0.25) is 14.4 Å². The molecule has 5 atom stereocenters. The van der Waals surface area contributed by atoms with Crippen molar-refractivity contribution in [2.75, 3.05) is 19.7 Å². The topological polar surface area (TPSA) is 243 Å². The highest BCUT2D eigenvalue weighted by atomic mass is 16.4. The lowest BCUT2D eigenvalue weighted by atomic mass is 10.1. The number of carbonyl (C=O) groups is 4. The first-order chi connectivity index (χ1) is 15.1. The fourth-order valence-corrected chi connectivity index (χ4v) is 2.78. The highest BCUT2D eigenvalue weighted by Crippen LogP contribution is 2.03. The van der Waals surface area contributed by atoms with Crippen LogP contribution in [-0.4, -0.2) is 89.0 Å². The van der Waals surface area contributed by atoms with Crippen LogP contribution in [0.3, 0.4) is 0 Å². The molecule has 0 aromatic heterocycles. The predicted molar refractivity (Wildman–Crippen MR) is 116 cm³/mol. The largest absolute Gasteiger partial charge is 0.480 e. The third-order valence-electron chi connectivity index (χ3n) is 4.75. The fourth-order valence-electron chi connectivity index (χ4n) is 2.78. The predicted octanol–water partition coefficient (Wildman–Crippen LogP) is -3.52. The molecule has 0 aliphatic heterocycles. The zero-order valence-corrected chi connectivity index (χ0v) is 18.5. The Morgan fingerprint density at radius 1 is 0.812 bits per heavy atom. The van der Waals surface area contributed by atoms with Crippen LogP contribution in [0.2, 0.25) is 0 Å². The second-order valence-electron chi connectivity index (χ2n) is 7.55. The van der Waals surface area contributed by atoms with Crippen LogP contribution in [0.5, 0.6) is 0 Å². The summed E-state index contributed by atoms with van der Waals surface area (Å²) in [5.41, 5.74) is 16.5. The SMILES string of the molecule is CC(O)C(NC(=O)C(N)CCCCN)C(=O)NC(CO)C(=O)NC(CCCCN)C(=O)O. The highest BCUT2D eigenvalue weighted by molar-refractivity contribution is 5.94. The Morgan fingerprint density at radius 2 is 1.34 bits per heavy atom. The number of carbonyl (C=O) groups excluding carboxylic acids is 3. The van der Waals surface area contributed by atoms with Crippen molar-refractivity contribution < 1.29 is 34.5 Å². The normalized spacial score (nSPS) is 15.7. The number of carboxylic acid groups (broad SMARTS) is 1. The summed E-state index contributed by atoms with van der Waals surface area (Å²) in [5, 5.41) is 35.5. The minimum Gasteiger partial charge on any atom is -0.480 e. The molecule has 0 aromatic carbocycles. The van der Waals surface area contributed by atoms with Gasteiger partial charge in [-0.1, -0.05) is 6.42 Å². The van der Waals surface area contributed by atoms with Gasteiger partial charge in [0.1, 0.15) is 18.1 Å². The van der Waals surface area contributed by atoms with Gasteiger partial charge in [0.15, 0.2) is 0 Å². The van der Waals surface area contributed by atoms with Gasteiger partial charge >= 0.3 is 5.97 Å². The summed E-state index contributed by atoms with van der Waals surface area (Å²) in [6, 6.07) is -5.07. The maximum absolute atomic E-state index is 12.5. The van der Waals surface area contributed by atoms with Crippen LogP contribution < -0.4 is 33.2 Å². The number of aliphatic hydroxyl groups is 2. The molecule has 0 saturated carbocycles. The molecule has 3 amide bonds. The molecule has 0 rings (SSSR count). The third kappa shape index (κ3) is 11.3. The van der Waals surface area contributed by atoms with Crippen molar-refractivity contribution in [3.05, 3.63) is 0 Å². The molecule has 13 nitrogen and oxygen atoms in total. The molecule has 0 fully saturated rings. The molecule has 0 spiro atoms. The number of aliphatic hydroxyl groups excluding tert-OH is 2. The van der Waals surface area contributed by atoms with E-state index in [4.69, 9.17) is 17.2 Å². The number of nitrogens with one attached hydrogen (secondary N) is 3. The van der Waals surface area contributed by atoms with E-state index in [-0.39, 0.29) is 6.42 Å². The second kappa shape index (κ2) is 16.3. The van der Waals surface area contributed by atoms with E-state index in [0.717, 1.165) is 0 Å². The third-order valence-corrected chi connectivity index (χ3v) is 4.75. The minimum atomic E-state index is -1.49. The molecule has 13 heteroatoms. The van der Waals surface area contributed by atoms with Gasteiger partial charge in [0.2, 0.25) is 17.7 Å². The van der Waals surface area contributed by atoms with E-state index in [1.54, 1.807) is 0 Å². The molecule has 5 unspecified atom stereocenters. The Morgan fingerprint density at radius 3 is 1.81 bits per heavy atom. The van der Waals surface area contributed by atoms with Crippen molar-refractivity contribution in [3.8, 4) is 0 Å². The standard InChI is InChI=1S/C19H38N6O7/c1-11(27)15(25-16(28)12(22)6-2-4-8-20)18(30)24-14(10-26)17(29)23-13(19(31)32)7-3-5-9-21/h11-15,26-27H,2-10,20-22H2,1H3,(H,23,29)(H,24,30)(H,25,28)(H,31,32). The van der Waals surface area contributed by atoms with Crippen LogP contribution in [0.15, 0.2) is 0 Å². The summed E-state index contributed by atoms with van der Waals surface area (Å²) in [4.78, 5) is 48.5. The molecule has 0 saturated heterocycles. The molecule has 0 heterocycles. The van der Waals surface area contributed by atoms with Gasteiger partial charge in [-0.05, 0) is 52.1 Å². The van der Waals surface area contributed by atoms with Crippen molar-refractivity contribution in [1.29, 1.82) is 0 Å². The number of hydrogen-bond donors (Lipinski definition) is 9. The number of aliphatic carboxylic acids is 1.